The molecular formula is C15H16N2O4. The molecule has 1 unspecified atom stereocenters. The highest BCUT2D eigenvalue weighted by Gasteiger charge is 2.23. The SMILES string of the molecule is CC(C(=O)O)C(=O)c1ccc(N2CCOCC2)c(C#N)c1. The van der Waals surface area contributed by atoms with Gasteiger partial charge in [0.2, 0.25) is 0 Å². The van der Waals surface area contributed by atoms with Crippen molar-refractivity contribution in [1.29, 1.82) is 5.26 Å². The van der Waals surface area contributed by atoms with E-state index < -0.39 is 17.7 Å². The molecule has 0 saturated carbocycles. The van der Waals surface area contributed by atoms with Gasteiger partial charge in [0.15, 0.2) is 5.78 Å². The second-order valence-electron chi connectivity index (χ2n) is 4.87. The molecule has 1 atom stereocenters. The standard InChI is InChI=1S/C15H16N2O4/c1-10(15(19)20)14(18)11-2-3-13(12(8-11)9-16)17-4-6-21-7-5-17/h2-3,8,10H,4-7H2,1H3,(H,19,20). The van der Waals surface area contributed by atoms with Crippen molar-refractivity contribution in [2.24, 2.45) is 5.92 Å². The topological polar surface area (TPSA) is 90.6 Å². The van der Waals surface area contributed by atoms with Crippen molar-refractivity contribution in [3.8, 4) is 6.07 Å². The van der Waals surface area contributed by atoms with E-state index >= 15 is 0 Å². The van der Waals surface area contributed by atoms with Crippen LogP contribution < -0.4 is 4.90 Å². The molecule has 1 aromatic carbocycles. The average Bonchev–Trinajstić information content (AvgIpc) is 2.53. The Balaban J connectivity index is 2.30. The highest BCUT2D eigenvalue weighted by atomic mass is 16.5. The van der Waals surface area contributed by atoms with Gasteiger partial charge >= 0.3 is 5.97 Å². The third kappa shape index (κ3) is 3.20. The number of nitrogens with zero attached hydrogens (tertiary/aromatic N) is 2. The first-order valence-corrected chi connectivity index (χ1v) is 6.68. The smallest absolute Gasteiger partial charge is 0.314 e. The molecule has 0 amide bonds. The minimum Gasteiger partial charge on any atom is -0.481 e. The number of morpholine rings is 1. The molecule has 1 aliphatic heterocycles. The summed E-state index contributed by atoms with van der Waals surface area (Å²) in [6, 6.07) is 6.82. The molecule has 1 aromatic rings. The molecule has 0 aromatic heterocycles. The monoisotopic (exact) mass is 288 g/mol. The number of carboxylic acid groups (broad SMARTS) is 1. The number of nitriles is 1. The van der Waals surface area contributed by atoms with Crippen LogP contribution in [0.4, 0.5) is 5.69 Å². The van der Waals surface area contributed by atoms with E-state index in [1.807, 2.05) is 4.90 Å². The molecule has 0 aliphatic carbocycles. The summed E-state index contributed by atoms with van der Waals surface area (Å²) in [6.07, 6.45) is 0. The fourth-order valence-electron chi connectivity index (χ4n) is 2.22. The van der Waals surface area contributed by atoms with Gasteiger partial charge in [-0.05, 0) is 25.1 Å². The summed E-state index contributed by atoms with van der Waals surface area (Å²) in [5.74, 6) is -2.78. The summed E-state index contributed by atoms with van der Waals surface area (Å²) in [7, 11) is 0. The first-order chi connectivity index (χ1) is 10.0. The minimum atomic E-state index is -1.17. The van der Waals surface area contributed by atoms with E-state index in [-0.39, 0.29) is 5.56 Å². The van der Waals surface area contributed by atoms with Crippen molar-refractivity contribution in [2.75, 3.05) is 31.2 Å². The molecular weight excluding hydrogens is 272 g/mol. The van der Waals surface area contributed by atoms with E-state index in [2.05, 4.69) is 6.07 Å². The van der Waals surface area contributed by atoms with Crippen molar-refractivity contribution in [3.63, 3.8) is 0 Å². The molecule has 0 bridgehead atoms. The zero-order chi connectivity index (χ0) is 15.4. The number of benzene rings is 1. The van der Waals surface area contributed by atoms with E-state index in [0.717, 1.165) is 5.69 Å². The van der Waals surface area contributed by atoms with Crippen molar-refractivity contribution >= 4 is 17.4 Å². The minimum absolute atomic E-state index is 0.249. The van der Waals surface area contributed by atoms with Gasteiger partial charge in [0.25, 0.3) is 0 Å². The molecule has 6 heteroatoms. The lowest BCUT2D eigenvalue weighted by atomic mass is 9.97. The van der Waals surface area contributed by atoms with Crippen molar-refractivity contribution in [2.45, 2.75) is 6.92 Å². The zero-order valence-corrected chi connectivity index (χ0v) is 11.7. The number of carboxylic acids is 1. The summed E-state index contributed by atoms with van der Waals surface area (Å²) in [5, 5.41) is 18.2. The van der Waals surface area contributed by atoms with Crippen LogP contribution in [0.25, 0.3) is 0 Å². The van der Waals surface area contributed by atoms with Crippen LogP contribution >= 0.6 is 0 Å². The number of carbonyl (C=O) groups excluding carboxylic acids is 1. The quantitative estimate of drug-likeness (QED) is 0.663. The van der Waals surface area contributed by atoms with E-state index in [1.54, 1.807) is 12.1 Å². The van der Waals surface area contributed by atoms with Gasteiger partial charge in [0, 0.05) is 18.7 Å². The summed E-state index contributed by atoms with van der Waals surface area (Å²) < 4.78 is 5.27. The van der Waals surface area contributed by atoms with E-state index in [4.69, 9.17) is 9.84 Å². The predicted octanol–water partition coefficient (Wildman–Crippen LogP) is 1.30. The Hall–Kier alpha value is -2.39. The number of anilines is 1. The van der Waals surface area contributed by atoms with Gasteiger partial charge in [-0.15, -0.1) is 0 Å². The molecule has 21 heavy (non-hydrogen) atoms. The molecule has 2 rings (SSSR count). The Morgan fingerprint density at radius 1 is 1.38 bits per heavy atom. The lowest BCUT2D eigenvalue weighted by molar-refractivity contribution is -0.139. The van der Waals surface area contributed by atoms with Gasteiger partial charge in [0.05, 0.1) is 24.5 Å². The summed E-state index contributed by atoms with van der Waals surface area (Å²) in [5.41, 5.74) is 1.37. The maximum atomic E-state index is 12.0. The van der Waals surface area contributed by atoms with E-state index in [1.165, 1.54) is 13.0 Å². The number of aliphatic carboxylic acids is 1. The van der Waals surface area contributed by atoms with Crippen LogP contribution in [0.15, 0.2) is 18.2 Å². The highest BCUT2D eigenvalue weighted by Crippen LogP contribution is 2.23. The van der Waals surface area contributed by atoms with Crippen molar-refractivity contribution in [1.82, 2.24) is 0 Å². The normalized spacial score (nSPS) is 16.1. The number of carbonyl (C=O) groups is 2. The lowest BCUT2D eigenvalue weighted by Crippen LogP contribution is -2.36. The third-order valence-electron chi connectivity index (χ3n) is 3.52. The van der Waals surface area contributed by atoms with Crippen molar-refractivity contribution in [3.05, 3.63) is 29.3 Å². The van der Waals surface area contributed by atoms with Crippen LogP contribution in [0.1, 0.15) is 22.8 Å². The van der Waals surface area contributed by atoms with Gasteiger partial charge in [0.1, 0.15) is 12.0 Å². The number of ether oxygens (including phenoxy) is 1. The van der Waals surface area contributed by atoms with Crippen LogP contribution in [0, 0.1) is 17.2 Å². The Labute approximate surface area is 122 Å². The number of rotatable bonds is 4. The molecule has 1 N–H and O–H groups in total. The Bertz CT molecular complexity index is 600. The second-order valence-corrected chi connectivity index (χ2v) is 4.87. The van der Waals surface area contributed by atoms with Crippen LogP contribution in [0.5, 0.6) is 0 Å². The number of ketones is 1. The average molecular weight is 288 g/mol. The van der Waals surface area contributed by atoms with Crippen LogP contribution in [0.3, 0.4) is 0 Å². The van der Waals surface area contributed by atoms with Gasteiger partial charge in [-0.3, -0.25) is 9.59 Å². The molecule has 1 aliphatic rings. The molecule has 1 saturated heterocycles. The largest absolute Gasteiger partial charge is 0.481 e. The van der Waals surface area contributed by atoms with Gasteiger partial charge in [-0.2, -0.15) is 5.26 Å². The van der Waals surface area contributed by atoms with Gasteiger partial charge in [-0.1, -0.05) is 0 Å². The van der Waals surface area contributed by atoms with E-state index in [0.29, 0.717) is 31.9 Å². The maximum absolute atomic E-state index is 12.0. The predicted molar refractivity (Wildman–Crippen MR) is 75.3 cm³/mol. The van der Waals surface area contributed by atoms with Crippen LogP contribution in [-0.4, -0.2) is 43.2 Å². The Morgan fingerprint density at radius 2 is 2.05 bits per heavy atom. The third-order valence-corrected chi connectivity index (χ3v) is 3.52. The fourth-order valence-corrected chi connectivity index (χ4v) is 2.22. The Kier molecular flexibility index (Phi) is 4.55. The number of Topliss-reactive ketones (excluding diaryl/α,β-unsaturated/α-hetero) is 1. The lowest BCUT2D eigenvalue weighted by Gasteiger charge is -2.29. The van der Waals surface area contributed by atoms with Crippen LogP contribution in [0.2, 0.25) is 0 Å². The van der Waals surface area contributed by atoms with Gasteiger partial charge < -0.3 is 14.7 Å². The highest BCUT2D eigenvalue weighted by molar-refractivity contribution is 6.08. The van der Waals surface area contributed by atoms with E-state index in [9.17, 15) is 14.9 Å². The first-order valence-electron chi connectivity index (χ1n) is 6.68. The first kappa shape index (κ1) is 15.0. The summed E-state index contributed by atoms with van der Waals surface area (Å²) in [6.45, 7) is 3.91. The zero-order valence-electron chi connectivity index (χ0n) is 11.7. The second kappa shape index (κ2) is 6.37. The number of hydrogen-bond acceptors (Lipinski definition) is 5. The molecule has 1 heterocycles. The molecule has 0 radical (unpaired) electrons. The molecule has 0 spiro atoms. The van der Waals surface area contributed by atoms with Crippen molar-refractivity contribution < 1.29 is 19.4 Å². The summed E-state index contributed by atoms with van der Waals surface area (Å²) in [4.78, 5) is 24.9. The van der Waals surface area contributed by atoms with Crippen LogP contribution in [-0.2, 0) is 9.53 Å². The maximum Gasteiger partial charge on any atom is 0.314 e. The van der Waals surface area contributed by atoms with Gasteiger partial charge in [-0.25, -0.2) is 0 Å². The summed E-state index contributed by atoms with van der Waals surface area (Å²) >= 11 is 0. The Morgan fingerprint density at radius 3 is 2.62 bits per heavy atom. The molecule has 1 fully saturated rings. The molecule has 110 valence electrons. The fraction of sp³-hybridized carbons (Fsp3) is 0.400. The number of hydrogen-bond donors (Lipinski definition) is 1. The molecule has 6 nitrogen and oxygen atoms in total.